The van der Waals surface area contributed by atoms with Crippen LogP contribution in [0.15, 0.2) is 53.3 Å². The van der Waals surface area contributed by atoms with E-state index in [0.717, 1.165) is 47.4 Å². The summed E-state index contributed by atoms with van der Waals surface area (Å²) in [7, 11) is 1.66. The molecule has 3 aromatic heterocycles. The van der Waals surface area contributed by atoms with Crippen molar-refractivity contribution in [2.45, 2.75) is 52.6 Å². The minimum absolute atomic E-state index is 0.0268. The number of para-hydroxylation sites is 2. The van der Waals surface area contributed by atoms with Crippen LogP contribution >= 0.6 is 0 Å². The average Bonchev–Trinajstić information content (AvgIpc) is 3.16. The van der Waals surface area contributed by atoms with Crippen molar-refractivity contribution in [2.24, 2.45) is 0 Å². The molecule has 0 unspecified atom stereocenters. The lowest BCUT2D eigenvalue weighted by Gasteiger charge is -2.12. The molecular weight excluding hydrogens is 426 g/mol. The summed E-state index contributed by atoms with van der Waals surface area (Å²) in [5, 5.41) is 0.551. The number of unbranched alkanes of at least 4 members (excludes halogenated alkanes) is 2. The Bertz CT molecular complexity index is 1530. The van der Waals surface area contributed by atoms with E-state index < -0.39 is 0 Å². The van der Waals surface area contributed by atoms with Crippen LogP contribution < -0.4 is 10.3 Å². The van der Waals surface area contributed by atoms with Crippen molar-refractivity contribution >= 4 is 33.2 Å². The van der Waals surface area contributed by atoms with Crippen molar-refractivity contribution in [3.63, 3.8) is 0 Å². The highest BCUT2D eigenvalue weighted by atomic mass is 16.5. The predicted octanol–water partition coefficient (Wildman–Crippen LogP) is 5.10. The maximum absolute atomic E-state index is 13.8. The maximum atomic E-state index is 13.8. The van der Waals surface area contributed by atoms with Gasteiger partial charge in [-0.3, -0.25) is 9.36 Å². The molecule has 0 radical (unpaired) electrons. The largest absolute Gasteiger partial charge is 0.497 e. The highest BCUT2D eigenvalue weighted by Gasteiger charge is 2.22. The summed E-state index contributed by atoms with van der Waals surface area (Å²) >= 11 is 0. The molecule has 0 atom stereocenters. The monoisotopic (exact) mass is 455 g/mol. The molecule has 0 saturated heterocycles. The number of aromatic nitrogens is 5. The van der Waals surface area contributed by atoms with E-state index >= 15 is 0 Å². The first-order chi connectivity index (χ1) is 16.6. The molecule has 0 fully saturated rings. The zero-order valence-electron chi connectivity index (χ0n) is 19.9. The standard InChI is InChI=1S/C27H29N5O2/c1-4-6-9-16-31-22(5-2)30-25-23(27(31)33)24-26(29-21-11-8-7-10-20(21)28-24)32(25)17-18-12-14-19(34-3)15-13-18/h7-8,10-15H,4-6,9,16-17H2,1-3H3. The van der Waals surface area contributed by atoms with Crippen LogP contribution in [0.1, 0.15) is 44.5 Å². The van der Waals surface area contributed by atoms with E-state index in [2.05, 4.69) is 6.92 Å². The van der Waals surface area contributed by atoms with Gasteiger partial charge < -0.3 is 9.30 Å². The molecule has 0 aliphatic heterocycles. The lowest BCUT2D eigenvalue weighted by Crippen LogP contribution is -2.25. The third-order valence-electron chi connectivity index (χ3n) is 6.33. The van der Waals surface area contributed by atoms with Gasteiger partial charge in [0.1, 0.15) is 22.5 Å². The fourth-order valence-corrected chi connectivity index (χ4v) is 4.52. The second-order valence-electron chi connectivity index (χ2n) is 8.56. The van der Waals surface area contributed by atoms with E-state index in [1.807, 2.05) is 64.6 Å². The highest BCUT2D eigenvalue weighted by Crippen LogP contribution is 2.27. The molecular formula is C27H29N5O2. The van der Waals surface area contributed by atoms with Gasteiger partial charge in [-0.05, 0) is 36.2 Å². The number of hydrogen-bond acceptors (Lipinski definition) is 5. The van der Waals surface area contributed by atoms with Gasteiger partial charge in [0.15, 0.2) is 11.3 Å². The minimum atomic E-state index is -0.0268. The Morgan fingerprint density at radius 1 is 0.853 bits per heavy atom. The smallest absolute Gasteiger partial charge is 0.265 e. The average molecular weight is 456 g/mol. The van der Waals surface area contributed by atoms with Crippen LogP contribution in [0, 0.1) is 0 Å². The summed E-state index contributed by atoms with van der Waals surface area (Å²) in [5.74, 6) is 1.61. The van der Waals surface area contributed by atoms with Crippen LogP contribution in [0.3, 0.4) is 0 Å². The van der Waals surface area contributed by atoms with E-state index in [1.165, 1.54) is 0 Å². The third kappa shape index (κ3) is 3.81. The Morgan fingerprint density at radius 3 is 2.26 bits per heavy atom. The van der Waals surface area contributed by atoms with E-state index in [9.17, 15) is 4.79 Å². The highest BCUT2D eigenvalue weighted by molar-refractivity contribution is 6.04. The van der Waals surface area contributed by atoms with Crippen LogP contribution in [-0.2, 0) is 19.5 Å². The van der Waals surface area contributed by atoms with Gasteiger partial charge in [0.25, 0.3) is 5.56 Å². The lowest BCUT2D eigenvalue weighted by atomic mass is 10.2. The summed E-state index contributed by atoms with van der Waals surface area (Å²) in [6, 6.07) is 15.7. The van der Waals surface area contributed by atoms with Crippen LogP contribution in [0.4, 0.5) is 0 Å². The van der Waals surface area contributed by atoms with E-state index in [-0.39, 0.29) is 5.56 Å². The van der Waals surface area contributed by atoms with Gasteiger partial charge in [-0.1, -0.05) is 51.0 Å². The lowest BCUT2D eigenvalue weighted by molar-refractivity contribution is 0.414. The zero-order valence-corrected chi connectivity index (χ0v) is 19.9. The maximum Gasteiger partial charge on any atom is 0.265 e. The molecule has 0 amide bonds. The van der Waals surface area contributed by atoms with Crippen LogP contribution in [0.25, 0.3) is 33.2 Å². The molecule has 7 nitrogen and oxygen atoms in total. The van der Waals surface area contributed by atoms with Gasteiger partial charge in [0, 0.05) is 13.0 Å². The van der Waals surface area contributed by atoms with Gasteiger partial charge in [-0.25, -0.2) is 15.0 Å². The molecule has 174 valence electrons. The Kier molecular flexibility index (Phi) is 6.01. The predicted molar refractivity (Wildman–Crippen MR) is 136 cm³/mol. The Labute approximate surface area is 198 Å². The fraction of sp³-hybridized carbons (Fsp3) is 0.333. The summed E-state index contributed by atoms with van der Waals surface area (Å²) in [5.41, 5.74) is 4.56. The Hall–Kier alpha value is -3.74. The van der Waals surface area contributed by atoms with Crippen LogP contribution in [-0.4, -0.2) is 31.2 Å². The zero-order chi connectivity index (χ0) is 23.7. The van der Waals surface area contributed by atoms with Crippen molar-refractivity contribution in [1.82, 2.24) is 24.1 Å². The molecule has 0 aliphatic carbocycles. The van der Waals surface area contributed by atoms with E-state index in [0.29, 0.717) is 41.7 Å². The molecule has 0 spiro atoms. The number of aryl methyl sites for hydroxylation is 1. The minimum Gasteiger partial charge on any atom is -0.497 e. The molecule has 34 heavy (non-hydrogen) atoms. The first-order valence-electron chi connectivity index (χ1n) is 12.0. The molecule has 5 rings (SSSR count). The van der Waals surface area contributed by atoms with E-state index in [4.69, 9.17) is 19.7 Å². The number of hydrogen-bond donors (Lipinski definition) is 0. The van der Waals surface area contributed by atoms with Gasteiger partial charge in [0.05, 0.1) is 24.7 Å². The second kappa shape index (κ2) is 9.25. The summed E-state index contributed by atoms with van der Waals surface area (Å²) in [4.78, 5) is 28.7. The summed E-state index contributed by atoms with van der Waals surface area (Å²) in [6.07, 6.45) is 3.82. The number of ether oxygens (including phenoxy) is 1. The Morgan fingerprint density at radius 2 is 1.59 bits per heavy atom. The number of fused-ring (bicyclic) bond motifs is 4. The van der Waals surface area contributed by atoms with Crippen molar-refractivity contribution < 1.29 is 4.74 Å². The third-order valence-corrected chi connectivity index (χ3v) is 6.33. The van der Waals surface area contributed by atoms with Gasteiger partial charge >= 0.3 is 0 Å². The van der Waals surface area contributed by atoms with Crippen LogP contribution in [0.5, 0.6) is 5.75 Å². The normalized spacial score (nSPS) is 11.6. The number of benzene rings is 2. The molecule has 5 aromatic rings. The molecule has 7 heteroatoms. The number of rotatable bonds is 8. The van der Waals surface area contributed by atoms with Gasteiger partial charge in [0.2, 0.25) is 0 Å². The number of nitrogens with zero attached hydrogens (tertiary/aromatic N) is 5. The van der Waals surface area contributed by atoms with Crippen LogP contribution in [0.2, 0.25) is 0 Å². The molecule has 0 saturated carbocycles. The van der Waals surface area contributed by atoms with E-state index in [1.54, 1.807) is 7.11 Å². The molecule has 0 N–H and O–H groups in total. The van der Waals surface area contributed by atoms with Crippen molar-refractivity contribution in [2.75, 3.05) is 7.11 Å². The molecule has 0 bridgehead atoms. The van der Waals surface area contributed by atoms with Crippen molar-refractivity contribution in [3.8, 4) is 5.75 Å². The molecule has 0 aliphatic rings. The SMILES string of the molecule is CCCCCn1c(CC)nc2c(c1=O)c1nc3ccccc3nc1n2Cc1ccc(OC)cc1. The van der Waals surface area contributed by atoms with Gasteiger partial charge in [-0.2, -0.15) is 0 Å². The molecule has 2 aromatic carbocycles. The van der Waals surface area contributed by atoms with Gasteiger partial charge in [-0.15, -0.1) is 0 Å². The Balaban J connectivity index is 1.79. The topological polar surface area (TPSA) is 74.8 Å². The van der Waals surface area contributed by atoms with Crippen molar-refractivity contribution in [3.05, 3.63) is 70.3 Å². The summed E-state index contributed by atoms with van der Waals surface area (Å²) in [6.45, 7) is 5.42. The first-order valence-corrected chi connectivity index (χ1v) is 12.0. The van der Waals surface area contributed by atoms with Crippen molar-refractivity contribution in [1.29, 1.82) is 0 Å². The fourth-order valence-electron chi connectivity index (χ4n) is 4.52. The first kappa shape index (κ1) is 22.1. The molecule has 3 heterocycles. The second-order valence-corrected chi connectivity index (χ2v) is 8.56. The number of methoxy groups -OCH3 is 1. The quantitative estimate of drug-likeness (QED) is 0.304. The summed E-state index contributed by atoms with van der Waals surface area (Å²) < 4.78 is 9.18.